The molecule has 0 aliphatic carbocycles. The summed E-state index contributed by atoms with van der Waals surface area (Å²) < 4.78 is 34.3. The number of hydrogen-bond acceptors (Lipinski definition) is 4. The molecule has 27 heavy (non-hydrogen) atoms. The lowest BCUT2D eigenvalue weighted by molar-refractivity contribution is -0.0139. The van der Waals surface area contributed by atoms with Gasteiger partial charge < -0.3 is 20.7 Å². The maximum Gasteiger partial charge on any atom is 0.252 e. The van der Waals surface area contributed by atoms with Crippen LogP contribution in [-0.4, -0.2) is 34.9 Å². The average Bonchev–Trinajstić information content (AvgIpc) is 2.56. The lowest BCUT2D eigenvalue weighted by Crippen LogP contribution is -2.31. The second kappa shape index (κ2) is 8.94. The van der Waals surface area contributed by atoms with E-state index in [1.54, 1.807) is 12.1 Å². The predicted octanol–water partition coefficient (Wildman–Crippen LogP) is 2.77. The van der Waals surface area contributed by atoms with E-state index in [1.165, 1.54) is 13.0 Å². The summed E-state index contributed by atoms with van der Waals surface area (Å²) in [6, 6.07) is 6.74. The Morgan fingerprint density at radius 1 is 1.26 bits per heavy atom. The molecule has 0 radical (unpaired) electrons. The highest BCUT2D eigenvalue weighted by Gasteiger charge is 2.22. The van der Waals surface area contributed by atoms with E-state index in [0.717, 1.165) is 12.1 Å². The lowest BCUT2D eigenvalue weighted by atomic mass is 9.98. The summed E-state index contributed by atoms with van der Waals surface area (Å²) in [5, 5.41) is 18.9. The van der Waals surface area contributed by atoms with Crippen molar-refractivity contribution in [1.82, 2.24) is 0 Å². The Hall–Kier alpha value is -1.78. The molecule has 0 aliphatic rings. The van der Waals surface area contributed by atoms with E-state index in [-0.39, 0.29) is 41.9 Å². The van der Waals surface area contributed by atoms with Crippen LogP contribution < -0.4 is 10.5 Å². The fourth-order valence-corrected chi connectivity index (χ4v) is 2.95. The van der Waals surface area contributed by atoms with Crippen LogP contribution in [0.4, 0.5) is 8.78 Å². The molecular formula is C19H20F2INO4. The molecule has 0 spiro atoms. The summed E-state index contributed by atoms with van der Waals surface area (Å²) >= 11 is 1.97. The Labute approximate surface area is 169 Å². The van der Waals surface area contributed by atoms with E-state index in [4.69, 9.17) is 15.6 Å². The van der Waals surface area contributed by atoms with E-state index < -0.39 is 29.7 Å². The van der Waals surface area contributed by atoms with Gasteiger partial charge in [-0.05, 0) is 58.8 Å². The number of nitrogens with two attached hydrogens (primary N) is 1. The molecule has 4 N–H and O–H groups in total. The van der Waals surface area contributed by atoms with Crippen molar-refractivity contribution in [3.8, 4) is 5.75 Å². The lowest BCUT2D eigenvalue weighted by Gasteiger charge is -2.21. The van der Waals surface area contributed by atoms with Gasteiger partial charge in [0.15, 0.2) is 0 Å². The number of carbonyl (C=O) groups excluding carboxylic acids is 1. The molecule has 2 aromatic carbocycles. The Kier molecular flexibility index (Phi) is 7.12. The first-order chi connectivity index (χ1) is 12.6. The Morgan fingerprint density at radius 2 is 1.96 bits per heavy atom. The summed E-state index contributed by atoms with van der Waals surface area (Å²) in [6.07, 6.45) is 0.0167. The van der Waals surface area contributed by atoms with Crippen LogP contribution in [0.2, 0.25) is 0 Å². The van der Waals surface area contributed by atoms with Crippen molar-refractivity contribution < 1.29 is 28.5 Å². The first-order valence-corrected chi connectivity index (χ1v) is 9.23. The van der Waals surface area contributed by atoms with Gasteiger partial charge in [0.05, 0.1) is 24.4 Å². The zero-order valence-corrected chi connectivity index (χ0v) is 16.8. The van der Waals surface area contributed by atoms with Crippen molar-refractivity contribution in [1.29, 1.82) is 0 Å². The monoisotopic (exact) mass is 491 g/mol. The highest BCUT2D eigenvalue weighted by Crippen LogP contribution is 2.28. The third-order valence-corrected chi connectivity index (χ3v) is 4.70. The number of halogens is 3. The van der Waals surface area contributed by atoms with Gasteiger partial charge in [0.25, 0.3) is 5.91 Å². The molecule has 0 saturated carbocycles. The molecule has 0 aromatic heterocycles. The fourth-order valence-electron chi connectivity index (χ4n) is 2.50. The maximum atomic E-state index is 14.1. The molecule has 0 heterocycles. The van der Waals surface area contributed by atoms with Crippen LogP contribution in [-0.2, 0) is 6.42 Å². The molecule has 2 rings (SSSR count). The number of ether oxygens (including phenoxy) is 1. The van der Waals surface area contributed by atoms with Gasteiger partial charge in [0.1, 0.15) is 17.4 Å². The van der Waals surface area contributed by atoms with Crippen LogP contribution in [0.3, 0.4) is 0 Å². The zero-order chi connectivity index (χ0) is 20.2. The highest BCUT2D eigenvalue weighted by molar-refractivity contribution is 14.1. The van der Waals surface area contributed by atoms with Gasteiger partial charge in [-0.1, -0.05) is 6.07 Å². The van der Waals surface area contributed by atoms with E-state index in [1.807, 2.05) is 22.6 Å². The standard InChI is InChI=1S/C19H20F2INO4/c1-19(26,10-24)4-5-27-16-8-13(20)7-12(17(16)18(23)25)6-11-2-3-14(22)9-15(11)21/h2-3,7-9,24,26H,4-6,10H2,1H3,(H2,23,25). The minimum Gasteiger partial charge on any atom is -0.493 e. The number of rotatable bonds is 8. The van der Waals surface area contributed by atoms with Crippen molar-refractivity contribution in [2.24, 2.45) is 5.73 Å². The molecule has 1 unspecified atom stereocenters. The van der Waals surface area contributed by atoms with Gasteiger partial charge in [-0.2, -0.15) is 0 Å². The van der Waals surface area contributed by atoms with Crippen molar-refractivity contribution in [3.05, 3.63) is 62.2 Å². The van der Waals surface area contributed by atoms with E-state index >= 15 is 0 Å². The molecule has 0 saturated heterocycles. The summed E-state index contributed by atoms with van der Waals surface area (Å²) in [5.41, 5.74) is 4.52. The molecule has 1 amide bonds. The molecule has 8 heteroatoms. The number of primary amides is 1. The van der Waals surface area contributed by atoms with Crippen LogP contribution in [0, 0.1) is 15.2 Å². The second-order valence-corrected chi connectivity index (χ2v) is 7.71. The molecule has 1 atom stereocenters. The topological polar surface area (TPSA) is 92.8 Å². The van der Waals surface area contributed by atoms with Crippen molar-refractivity contribution in [3.63, 3.8) is 0 Å². The minimum absolute atomic E-state index is 0.0382. The van der Waals surface area contributed by atoms with Gasteiger partial charge in [-0.3, -0.25) is 4.79 Å². The average molecular weight is 491 g/mol. The van der Waals surface area contributed by atoms with Crippen molar-refractivity contribution in [2.45, 2.75) is 25.4 Å². The van der Waals surface area contributed by atoms with Gasteiger partial charge in [0.2, 0.25) is 0 Å². The van der Waals surface area contributed by atoms with Crippen LogP contribution in [0.25, 0.3) is 0 Å². The van der Waals surface area contributed by atoms with Crippen LogP contribution >= 0.6 is 22.6 Å². The molecule has 146 valence electrons. The van der Waals surface area contributed by atoms with Crippen molar-refractivity contribution in [2.75, 3.05) is 13.2 Å². The fraction of sp³-hybridized carbons (Fsp3) is 0.316. The molecule has 0 bridgehead atoms. The van der Waals surface area contributed by atoms with E-state index in [2.05, 4.69) is 0 Å². The summed E-state index contributed by atoms with van der Waals surface area (Å²) in [7, 11) is 0. The highest BCUT2D eigenvalue weighted by atomic mass is 127. The van der Waals surface area contributed by atoms with Gasteiger partial charge in [0, 0.05) is 22.5 Å². The minimum atomic E-state index is -1.37. The van der Waals surface area contributed by atoms with Gasteiger partial charge in [-0.15, -0.1) is 0 Å². The summed E-state index contributed by atoms with van der Waals surface area (Å²) in [6.45, 7) is 0.871. The Morgan fingerprint density at radius 3 is 2.56 bits per heavy atom. The van der Waals surface area contributed by atoms with Gasteiger partial charge >= 0.3 is 0 Å². The molecule has 5 nitrogen and oxygen atoms in total. The normalized spacial score (nSPS) is 13.3. The maximum absolute atomic E-state index is 14.1. The first kappa shape index (κ1) is 21.5. The van der Waals surface area contributed by atoms with Crippen LogP contribution in [0.15, 0.2) is 30.3 Å². The third kappa shape index (κ3) is 5.85. The second-order valence-electron chi connectivity index (χ2n) is 6.47. The smallest absolute Gasteiger partial charge is 0.252 e. The van der Waals surface area contributed by atoms with Crippen molar-refractivity contribution >= 4 is 28.5 Å². The molecule has 0 fully saturated rings. The van der Waals surface area contributed by atoms with E-state index in [0.29, 0.717) is 3.57 Å². The number of carbonyl (C=O) groups is 1. The number of hydrogen-bond donors (Lipinski definition) is 3. The van der Waals surface area contributed by atoms with Crippen LogP contribution in [0.1, 0.15) is 34.8 Å². The first-order valence-electron chi connectivity index (χ1n) is 8.15. The quantitative estimate of drug-likeness (QED) is 0.496. The third-order valence-electron chi connectivity index (χ3n) is 4.03. The Balaban J connectivity index is 2.34. The summed E-state index contributed by atoms with van der Waals surface area (Å²) in [4.78, 5) is 11.9. The largest absolute Gasteiger partial charge is 0.493 e. The number of aliphatic hydroxyl groups is 2. The van der Waals surface area contributed by atoms with Gasteiger partial charge in [-0.25, -0.2) is 8.78 Å². The molecule has 0 aliphatic heterocycles. The predicted molar refractivity (Wildman–Crippen MR) is 105 cm³/mol. The number of amides is 1. The van der Waals surface area contributed by atoms with Crippen LogP contribution in [0.5, 0.6) is 5.75 Å². The SMILES string of the molecule is CC(O)(CO)CCOc1cc(F)cc(Cc2ccc(I)cc2F)c1C(N)=O. The van der Waals surface area contributed by atoms with E-state index in [9.17, 15) is 18.7 Å². The molecule has 2 aromatic rings. The number of aliphatic hydroxyl groups excluding tert-OH is 1. The zero-order valence-electron chi connectivity index (χ0n) is 14.6. The number of benzene rings is 2. The Bertz CT molecular complexity index is 843. The molecular weight excluding hydrogens is 471 g/mol. The summed E-state index contributed by atoms with van der Waals surface area (Å²) in [5.74, 6) is -2.05.